The molecule has 120 valence electrons. The van der Waals surface area contributed by atoms with Crippen LogP contribution < -0.4 is 4.72 Å². The summed E-state index contributed by atoms with van der Waals surface area (Å²) >= 11 is 5.92. The zero-order valence-electron chi connectivity index (χ0n) is 12.0. The third-order valence-corrected chi connectivity index (χ3v) is 4.82. The molecule has 9 heteroatoms. The molecule has 0 aliphatic rings. The Kier molecular flexibility index (Phi) is 4.20. The van der Waals surface area contributed by atoms with Crippen LogP contribution in [-0.4, -0.2) is 18.6 Å². The topological polar surface area (TPSA) is 109 Å². The lowest BCUT2D eigenvalue weighted by atomic mass is 10.2. The van der Waals surface area contributed by atoms with Crippen LogP contribution in [0.4, 0.5) is 6.01 Å². The maximum Gasteiger partial charge on any atom is 0.330 e. The van der Waals surface area contributed by atoms with Crippen LogP contribution in [0.15, 0.2) is 57.8 Å². The molecule has 3 aromatic rings. The van der Waals surface area contributed by atoms with Crippen LogP contribution in [0.5, 0.6) is 0 Å². The van der Waals surface area contributed by atoms with Gasteiger partial charge in [0.2, 0.25) is 5.89 Å². The maximum atomic E-state index is 12.4. The summed E-state index contributed by atoms with van der Waals surface area (Å²) in [6, 6.07) is 14.4. The van der Waals surface area contributed by atoms with Gasteiger partial charge in [0.1, 0.15) is 4.90 Å². The number of halogens is 1. The standard InChI is InChI=1S/C15H9ClN4O3S/c16-12-8-10(9-17)6-7-13(12)24(21,22)20-15-19-18-14(23-15)11-4-2-1-3-5-11/h1-8H,(H,19,20). The summed E-state index contributed by atoms with van der Waals surface area (Å²) in [6.07, 6.45) is 0. The summed E-state index contributed by atoms with van der Waals surface area (Å²) < 4.78 is 32.2. The Morgan fingerprint density at radius 1 is 1.12 bits per heavy atom. The van der Waals surface area contributed by atoms with Gasteiger partial charge in [-0.05, 0) is 30.3 Å². The molecule has 1 N–H and O–H groups in total. The van der Waals surface area contributed by atoms with Gasteiger partial charge in [0.25, 0.3) is 10.0 Å². The van der Waals surface area contributed by atoms with Gasteiger partial charge in [-0.25, -0.2) is 13.1 Å². The summed E-state index contributed by atoms with van der Waals surface area (Å²) in [7, 11) is -4.03. The molecule has 0 radical (unpaired) electrons. The Morgan fingerprint density at radius 2 is 1.88 bits per heavy atom. The van der Waals surface area contributed by atoms with Gasteiger partial charge in [-0.3, -0.25) is 0 Å². The van der Waals surface area contributed by atoms with Gasteiger partial charge in [0.05, 0.1) is 16.7 Å². The number of aromatic nitrogens is 2. The summed E-state index contributed by atoms with van der Waals surface area (Å²) in [6.45, 7) is 0. The Bertz CT molecular complexity index is 1030. The lowest BCUT2D eigenvalue weighted by Crippen LogP contribution is -2.13. The van der Waals surface area contributed by atoms with Gasteiger partial charge in [-0.2, -0.15) is 5.26 Å². The molecular formula is C15H9ClN4O3S. The van der Waals surface area contributed by atoms with E-state index in [1.54, 1.807) is 24.3 Å². The van der Waals surface area contributed by atoms with Crippen LogP contribution >= 0.6 is 11.6 Å². The van der Waals surface area contributed by atoms with E-state index in [1.165, 1.54) is 18.2 Å². The number of anilines is 1. The van der Waals surface area contributed by atoms with Crippen molar-refractivity contribution >= 4 is 27.6 Å². The molecule has 0 saturated carbocycles. The summed E-state index contributed by atoms with van der Waals surface area (Å²) in [4.78, 5) is -0.192. The van der Waals surface area contributed by atoms with Crippen molar-refractivity contribution in [2.75, 3.05) is 4.72 Å². The molecule has 0 saturated heterocycles. The minimum atomic E-state index is -4.03. The van der Waals surface area contributed by atoms with Gasteiger partial charge in [-0.1, -0.05) is 34.9 Å². The van der Waals surface area contributed by atoms with Gasteiger partial charge in [0.15, 0.2) is 0 Å². The molecule has 1 heterocycles. The number of hydrogen-bond acceptors (Lipinski definition) is 6. The summed E-state index contributed by atoms with van der Waals surface area (Å²) in [5.41, 5.74) is 0.912. The van der Waals surface area contributed by atoms with Crippen molar-refractivity contribution in [1.29, 1.82) is 5.26 Å². The second-order valence-electron chi connectivity index (χ2n) is 4.64. The van der Waals surface area contributed by atoms with Crippen molar-refractivity contribution in [2.24, 2.45) is 0 Å². The van der Waals surface area contributed by atoms with Crippen LogP contribution in [0.1, 0.15) is 5.56 Å². The highest BCUT2D eigenvalue weighted by atomic mass is 35.5. The minimum absolute atomic E-state index is 0.0793. The van der Waals surface area contributed by atoms with E-state index in [1.807, 2.05) is 12.1 Å². The second kappa shape index (κ2) is 6.31. The number of benzene rings is 2. The molecule has 0 atom stereocenters. The number of nitrogens with zero attached hydrogens (tertiary/aromatic N) is 3. The van der Waals surface area contributed by atoms with Crippen molar-refractivity contribution in [1.82, 2.24) is 10.2 Å². The summed E-state index contributed by atoms with van der Waals surface area (Å²) in [5.74, 6) is 0.180. The number of hydrogen-bond donors (Lipinski definition) is 1. The van der Waals surface area contributed by atoms with Crippen molar-refractivity contribution in [2.45, 2.75) is 4.90 Å². The first kappa shape index (κ1) is 16.0. The molecule has 1 aromatic heterocycles. The quantitative estimate of drug-likeness (QED) is 0.765. The average Bonchev–Trinajstić information content (AvgIpc) is 3.03. The van der Waals surface area contributed by atoms with E-state index in [0.29, 0.717) is 5.56 Å². The summed E-state index contributed by atoms with van der Waals surface area (Å²) in [5, 5.41) is 16.2. The molecule has 0 fully saturated rings. The number of rotatable bonds is 4. The van der Waals surface area contributed by atoms with E-state index >= 15 is 0 Å². The first-order chi connectivity index (χ1) is 11.5. The third kappa shape index (κ3) is 3.22. The van der Waals surface area contributed by atoms with E-state index in [-0.39, 0.29) is 27.4 Å². The fraction of sp³-hybridized carbons (Fsp3) is 0. The van der Waals surface area contributed by atoms with E-state index < -0.39 is 10.0 Å². The van der Waals surface area contributed by atoms with E-state index in [2.05, 4.69) is 14.9 Å². The number of sulfonamides is 1. The van der Waals surface area contributed by atoms with Crippen LogP contribution in [-0.2, 0) is 10.0 Å². The average molecular weight is 361 g/mol. The molecule has 0 aliphatic carbocycles. The van der Waals surface area contributed by atoms with Gasteiger partial charge in [0, 0.05) is 5.56 Å². The Morgan fingerprint density at radius 3 is 2.54 bits per heavy atom. The molecular weight excluding hydrogens is 352 g/mol. The van der Waals surface area contributed by atoms with Gasteiger partial charge >= 0.3 is 6.01 Å². The first-order valence-electron chi connectivity index (χ1n) is 6.61. The molecule has 7 nitrogen and oxygen atoms in total. The van der Waals surface area contributed by atoms with Gasteiger partial charge in [-0.15, -0.1) is 5.10 Å². The fourth-order valence-electron chi connectivity index (χ4n) is 1.92. The zero-order chi connectivity index (χ0) is 17.2. The Labute approximate surface area is 142 Å². The van der Waals surface area contributed by atoms with Crippen molar-refractivity contribution in [3.05, 3.63) is 59.1 Å². The largest absolute Gasteiger partial charge is 0.403 e. The van der Waals surface area contributed by atoms with Crippen LogP contribution in [0.25, 0.3) is 11.5 Å². The monoisotopic (exact) mass is 360 g/mol. The SMILES string of the molecule is N#Cc1ccc(S(=O)(=O)Nc2nnc(-c3ccccc3)o2)c(Cl)c1. The Hall–Kier alpha value is -2.89. The van der Waals surface area contributed by atoms with E-state index in [0.717, 1.165) is 0 Å². The first-order valence-corrected chi connectivity index (χ1v) is 8.47. The van der Waals surface area contributed by atoms with Crippen LogP contribution in [0, 0.1) is 11.3 Å². The smallest absolute Gasteiger partial charge is 0.330 e. The maximum absolute atomic E-state index is 12.4. The second-order valence-corrected chi connectivity index (χ2v) is 6.70. The molecule has 0 amide bonds. The fourth-order valence-corrected chi connectivity index (χ4v) is 3.39. The normalized spacial score (nSPS) is 11.0. The highest BCUT2D eigenvalue weighted by Crippen LogP contribution is 2.25. The van der Waals surface area contributed by atoms with Crippen LogP contribution in [0.3, 0.4) is 0 Å². The molecule has 0 spiro atoms. The Balaban J connectivity index is 1.88. The van der Waals surface area contributed by atoms with E-state index in [9.17, 15) is 8.42 Å². The van der Waals surface area contributed by atoms with Crippen molar-refractivity contribution in [3.63, 3.8) is 0 Å². The lowest BCUT2D eigenvalue weighted by Gasteiger charge is -2.06. The molecule has 2 aromatic carbocycles. The van der Waals surface area contributed by atoms with Crippen molar-refractivity contribution < 1.29 is 12.8 Å². The van der Waals surface area contributed by atoms with Crippen molar-refractivity contribution in [3.8, 4) is 17.5 Å². The molecule has 0 unspecified atom stereocenters. The predicted molar refractivity (Wildman–Crippen MR) is 86.7 cm³/mol. The number of nitriles is 1. The van der Waals surface area contributed by atoms with Crippen LogP contribution in [0.2, 0.25) is 5.02 Å². The van der Waals surface area contributed by atoms with Gasteiger partial charge < -0.3 is 4.42 Å². The molecule has 0 aliphatic heterocycles. The lowest BCUT2D eigenvalue weighted by molar-refractivity contribution is 0.577. The minimum Gasteiger partial charge on any atom is -0.403 e. The predicted octanol–water partition coefficient (Wildman–Crippen LogP) is 3.06. The highest BCUT2D eigenvalue weighted by Gasteiger charge is 2.21. The zero-order valence-corrected chi connectivity index (χ0v) is 13.5. The third-order valence-electron chi connectivity index (χ3n) is 3.02. The highest BCUT2D eigenvalue weighted by molar-refractivity contribution is 7.92. The molecule has 24 heavy (non-hydrogen) atoms. The van der Waals surface area contributed by atoms with E-state index in [4.69, 9.17) is 21.3 Å². The molecule has 0 bridgehead atoms. The number of nitrogens with one attached hydrogen (secondary N) is 1. The molecule has 3 rings (SSSR count).